The van der Waals surface area contributed by atoms with Gasteiger partial charge < -0.3 is 34.8 Å². The van der Waals surface area contributed by atoms with Gasteiger partial charge >= 0.3 is 0 Å². The van der Waals surface area contributed by atoms with E-state index in [1.165, 1.54) is 0 Å². The van der Waals surface area contributed by atoms with Crippen molar-refractivity contribution in [2.45, 2.75) is 63.4 Å². The van der Waals surface area contributed by atoms with Crippen molar-refractivity contribution >= 4 is 5.69 Å². The van der Waals surface area contributed by atoms with Crippen molar-refractivity contribution in [3.63, 3.8) is 0 Å². The Morgan fingerprint density at radius 2 is 1.86 bits per heavy atom. The van der Waals surface area contributed by atoms with Crippen LogP contribution in [0.25, 0.3) is 0 Å². The van der Waals surface area contributed by atoms with Gasteiger partial charge in [-0.25, -0.2) is 0 Å². The number of anilines is 1. The molecule has 2 aliphatic heterocycles. The number of rotatable bonds is 4. The summed E-state index contributed by atoms with van der Waals surface area (Å²) < 4.78 is 11.1. The summed E-state index contributed by atoms with van der Waals surface area (Å²) in [6, 6.07) is 8.09. The van der Waals surface area contributed by atoms with Crippen molar-refractivity contribution in [3.05, 3.63) is 36.4 Å². The summed E-state index contributed by atoms with van der Waals surface area (Å²) in [4.78, 5) is 2.46. The molecule has 2 saturated heterocycles. The Kier molecular flexibility index (Phi) is 5.61. The van der Waals surface area contributed by atoms with Gasteiger partial charge in [0.1, 0.15) is 30.2 Å². The summed E-state index contributed by atoms with van der Waals surface area (Å²) >= 11 is 0. The molecular formula is C22H31NO6. The maximum Gasteiger partial charge on any atom is 0.229 e. The second-order valence-corrected chi connectivity index (χ2v) is 8.82. The lowest BCUT2D eigenvalue weighted by Gasteiger charge is -2.41. The smallest absolute Gasteiger partial charge is 0.229 e. The fourth-order valence-electron chi connectivity index (χ4n) is 5.13. The van der Waals surface area contributed by atoms with Gasteiger partial charge in [0.25, 0.3) is 0 Å². The zero-order chi connectivity index (χ0) is 20.8. The van der Waals surface area contributed by atoms with E-state index in [9.17, 15) is 20.4 Å². The summed E-state index contributed by atoms with van der Waals surface area (Å²) in [5, 5.41) is 39.2. The second kappa shape index (κ2) is 7.89. The van der Waals surface area contributed by atoms with E-state index in [2.05, 4.69) is 30.9 Å². The zero-order valence-electron chi connectivity index (χ0n) is 16.9. The van der Waals surface area contributed by atoms with E-state index in [0.717, 1.165) is 25.1 Å². The van der Waals surface area contributed by atoms with Crippen molar-refractivity contribution in [3.8, 4) is 5.75 Å². The summed E-state index contributed by atoms with van der Waals surface area (Å²) in [6.45, 7) is 5.16. The molecule has 4 N–H and O–H groups in total. The topological polar surface area (TPSA) is 103 Å². The quantitative estimate of drug-likeness (QED) is 0.555. The van der Waals surface area contributed by atoms with Crippen LogP contribution in [-0.2, 0) is 4.74 Å². The molecule has 0 radical (unpaired) electrons. The van der Waals surface area contributed by atoms with E-state index < -0.39 is 37.3 Å². The minimum absolute atomic E-state index is 0.198. The van der Waals surface area contributed by atoms with Crippen molar-refractivity contribution < 1.29 is 29.9 Å². The first kappa shape index (κ1) is 20.6. The van der Waals surface area contributed by atoms with E-state index in [-0.39, 0.29) is 5.41 Å². The van der Waals surface area contributed by atoms with Crippen molar-refractivity contribution in [1.82, 2.24) is 0 Å². The average Bonchev–Trinajstić information content (AvgIpc) is 3.07. The maximum atomic E-state index is 10.1. The Morgan fingerprint density at radius 1 is 1.14 bits per heavy atom. The first-order chi connectivity index (χ1) is 13.8. The first-order valence-electron chi connectivity index (χ1n) is 10.4. The van der Waals surface area contributed by atoms with Crippen LogP contribution in [0.4, 0.5) is 5.69 Å². The third-order valence-corrected chi connectivity index (χ3v) is 6.72. The van der Waals surface area contributed by atoms with Crippen LogP contribution < -0.4 is 9.64 Å². The van der Waals surface area contributed by atoms with Crippen LogP contribution in [0.5, 0.6) is 5.75 Å². The standard InChI is InChI=1S/C22H31NO6/c1-13-4-3-9-22(2)10-11-23(20(13)22)14-5-7-15(8-6-14)28-21-19(27)18(26)17(25)16(12-24)29-21/h3,5-9,13,16-21,24-27H,4,10-12H2,1-2H3/t13?,16?,17-,18?,19?,20?,21+,22?/m1/s1. The minimum atomic E-state index is -1.45. The lowest BCUT2D eigenvalue weighted by Crippen LogP contribution is -2.60. The van der Waals surface area contributed by atoms with Gasteiger partial charge in [-0.3, -0.25) is 0 Å². The summed E-state index contributed by atoms with van der Waals surface area (Å²) in [6.07, 6.45) is 0.478. The van der Waals surface area contributed by atoms with Crippen LogP contribution in [0.3, 0.4) is 0 Å². The number of nitrogens with zero attached hydrogens (tertiary/aromatic N) is 1. The largest absolute Gasteiger partial charge is 0.462 e. The SMILES string of the molecule is CC1CC=CC2(C)CCN(c3ccc(O[C@H]4OC(CO)[C@@H](O)C(O)C4O)cc3)C12. The van der Waals surface area contributed by atoms with Gasteiger partial charge in [0.05, 0.1) is 6.61 Å². The molecule has 0 bridgehead atoms. The third kappa shape index (κ3) is 3.66. The number of benzene rings is 1. The molecule has 0 amide bonds. The van der Waals surface area contributed by atoms with Gasteiger partial charge in [0, 0.05) is 23.7 Å². The Bertz CT molecular complexity index is 737. The van der Waals surface area contributed by atoms with Gasteiger partial charge in [0.2, 0.25) is 6.29 Å². The summed E-state index contributed by atoms with van der Waals surface area (Å²) in [5.41, 5.74) is 1.32. The average molecular weight is 405 g/mol. The highest BCUT2D eigenvalue weighted by molar-refractivity contribution is 5.52. The number of allylic oxidation sites excluding steroid dienone is 1. The van der Waals surface area contributed by atoms with Crippen LogP contribution in [0.2, 0.25) is 0 Å². The first-order valence-corrected chi connectivity index (χ1v) is 10.4. The lowest BCUT2D eigenvalue weighted by atomic mass is 9.72. The number of aliphatic hydroxyl groups excluding tert-OH is 4. The van der Waals surface area contributed by atoms with Crippen molar-refractivity contribution in [2.24, 2.45) is 11.3 Å². The fraction of sp³-hybridized carbons (Fsp3) is 0.636. The molecule has 0 spiro atoms. The molecule has 6 unspecified atom stereocenters. The number of ether oxygens (including phenoxy) is 2. The Hall–Kier alpha value is -1.64. The number of hydrogen-bond acceptors (Lipinski definition) is 7. The van der Waals surface area contributed by atoms with Gasteiger partial charge in [-0.05, 0) is 43.0 Å². The lowest BCUT2D eigenvalue weighted by molar-refractivity contribution is -0.277. The van der Waals surface area contributed by atoms with Crippen molar-refractivity contribution in [2.75, 3.05) is 18.1 Å². The molecule has 3 aliphatic rings. The number of aliphatic hydroxyl groups is 4. The Balaban J connectivity index is 1.47. The highest BCUT2D eigenvalue weighted by Crippen LogP contribution is 2.47. The molecule has 0 aromatic heterocycles. The fourth-order valence-corrected chi connectivity index (χ4v) is 5.13. The van der Waals surface area contributed by atoms with E-state index in [4.69, 9.17) is 9.47 Å². The number of fused-ring (bicyclic) bond motifs is 1. The normalized spacial score (nSPS) is 42.0. The Morgan fingerprint density at radius 3 is 2.55 bits per heavy atom. The van der Waals surface area contributed by atoms with Crippen LogP contribution >= 0.6 is 0 Å². The molecule has 1 aliphatic carbocycles. The molecule has 2 heterocycles. The molecule has 29 heavy (non-hydrogen) atoms. The molecular weight excluding hydrogens is 374 g/mol. The summed E-state index contributed by atoms with van der Waals surface area (Å²) in [5.74, 6) is 1.06. The third-order valence-electron chi connectivity index (χ3n) is 6.72. The van der Waals surface area contributed by atoms with Gasteiger partial charge in [0.15, 0.2) is 0 Å². The molecule has 1 aromatic rings. The monoisotopic (exact) mass is 405 g/mol. The summed E-state index contributed by atoms with van der Waals surface area (Å²) in [7, 11) is 0. The maximum absolute atomic E-state index is 10.1. The van der Waals surface area contributed by atoms with Crippen LogP contribution in [0, 0.1) is 11.3 Å². The highest BCUT2D eigenvalue weighted by atomic mass is 16.7. The molecule has 8 atom stereocenters. The molecule has 160 valence electrons. The minimum Gasteiger partial charge on any atom is -0.462 e. The molecule has 0 saturated carbocycles. The predicted octanol–water partition coefficient (Wildman–Crippen LogP) is 1.05. The van der Waals surface area contributed by atoms with Crippen molar-refractivity contribution in [1.29, 1.82) is 0 Å². The van der Waals surface area contributed by atoms with Crippen LogP contribution in [-0.4, -0.2) is 70.3 Å². The number of hydrogen-bond donors (Lipinski definition) is 4. The van der Waals surface area contributed by atoms with Crippen LogP contribution in [0.1, 0.15) is 26.7 Å². The van der Waals surface area contributed by atoms with Crippen LogP contribution in [0.15, 0.2) is 36.4 Å². The van der Waals surface area contributed by atoms with Gasteiger partial charge in [-0.2, -0.15) is 0 Å². The van der Waals surface area contributed by atoms with E-state index >= 15 is 0 Å². The van der Waals surface area contributed by atoms with E-state index in [1.54, 1.807) is 0 Å². The van der Waals surface area contributed by atoms with Gasteiger partial charge in [-0.1, -0.05) is 26.0 Å². The molecule has 2 fully saturated rings. The van der Waals surface area contributed by atoms with Gasteiger partial charge in [-0.15, -0.1) is 0 Å². The molecule has 4 rings (SSSR count). The molecule has 1 aromatic carbocycles. The van der Waals surface area contributed by atoms with E-state index in [0.29, 0.717) is 17.7 Å². The molecule has 7 nitrogen and oxygen atoms in total. The second-order valence-electron chi connectivity index (χ2n) is 8.82. The Labute approximate surface area is 171 Å². The molecule has 7 heteroatoms. The zero-order valence-corrected chi connectivity index (χ0v) is 16.9. The predicted molar refractivity (Wildman–Crippen MR) is 108 cm³/mol. The van der Waals surface area contributed by atoms with E-state index in [1.807, 2.05) is 24.3 Å². The highest BCUT2D eigenvalue weighted by Gasteiger charge is 2.47.